The number of aryl methyl sites for hydroxylation is 1. The first-order valence-corrected chi connectivity index (χ1v) is 4.78. The first-order chi connectivity index (χ1) is 7.67. The molecular formula is C11H13N3O2. The lowest BCUT2D eigenvalue weighted by molar-refractivity contribution is 0.0586. The molecule has 0 radical (unpaired) electrons. The maximum atomic E-state index is 11.2. The van der Waals surface area contributed by atoms with Crippen LogP contribution in [0.25, 0.3) is 0 Å². The van der Waals surface area contributed by atoms with Crippen LogP contribution >= 0.6 is 0 Å². The quantitative estimate of drug-likeness (QED) is 0.465. The molecule has 0 saturated carbocycles. The molecule has 5 heteroatoms. The van der Waals surface area contributed by atoms with Gasteiger partial charge in [0, 0.05) is 24.7 Å². The molecule has 0 spiro atoms. The standard InChI is InChI=1S/C11H13N3O2/c1-4-5-6-12-9-7-8(2)13-10(14-9)11(15)16-3/h1,7H,5-6H2,2-3H3,(H,12,13,14). The number of carbonyl (C=O) groups is 1. The summed E-state index contributed by atoms with van der Waals surface area (Å²) in [7, 11) is 1.29. The van der Waals surface area contributed by atoms with Crippen LogP contribution in [0.3, 0.4) is 0 Å². The molecule has 84 valence electrons. The maximum Gasteiger partial charge on any atom is 0.376 e. The van der Waals surface area contributed by atoms with Crippen LogP contribution in [-0.4, -0.2) is 29.6 Å². The average Bonchev–Trinajstić information content (AvgIpc) is 2.27. The van der Waals surface area contributed by atoms with E-state index >= 15 is 0 Å². The molecule has 0 aliphatic rings. The summed E-state index contributed by atoms with van der Waals surface area (Å²) in [5.74, 6) is 2.57. The summed E-state index contributed by atoms with van der Waals surface area (Å²) in [5.41, 5.74) is 0.693. The third-order valence-corrected chi connectivity index (χ3v) is 1.80. The lowest BCUT2D eigenvalue weighted by atomic mass is 10.4. The molecule has 16 heavy (non-hydrogen) atoms. The van der Waals surface area contributed by atoms with Crippen LogP contribution in [0.15, 0.2) is 6.07 Å². The van der Waals surface area contributed by atoms with E-state index in [0.717, 1.165) is 0 Å². The van der Waals surface area contributed by atoms with Crippen molar-refractivity contribution in [2.75, 3.05) is 19.0 Å². The van der Waals surface area contributed by atoms with Gasteiger partial charge in [-0.25, -0.2) is 14.8 Å². The minimum atomic E-state index is -0.552. The van der Waals surface area contributed by atoms with Crippen molar-refractivity contribution in [2.45, 2.75) is 13.3 Å². The van der Waals surface area contributed by atoms with E-state index in [4.69, 9.17) is 6.42 Å². The van der Waals surface area contributed by atoms with Gasteiger partial charge in [-0.3, -0.25) is 0 Å². The van der Waals surface area contributed by atoms with Crippen molar-refractivity contribution in [1.82, 2.24) is 9.97 Å². The molecule has 0 aliphatic heterocycles. The molecule has 0 aliphatic carbocycles. The zero-order valence-electron chi connectivity index (χ0n) is 9.28. The summed E-state index contributed by atoms with van der Waals surface area (Å²) in [4.78, 5) is 19.2. The van der Waals surface area contributed by atoms with Gasteiger partial charge in [0.05, 0.1) is 7.11 Å². The summed E-state index contributed by atoms with van der Waals surface area (Å²) in [6.07, 6.45) is 5.72. The van der Waals surface area contributed by atoms with Crippen molar-refractivity contribution >= 4 is 11.8 Å². The second-order valence-electron chi connectivity index (χ2n) is 3.09. The van der Waals surface area contributed by atoms with Crippen LogP contribution in [0.4, 0.5) is 5.82 Å². The largest absolute Gasteiger partial charge is 0.463 e. The van der Waals surface area contributed by atoms with Gasteiger partial charge in [0.2, 0.25) is 5.82 Å². The van der Waals surface area contributed by atoms with Crippen LogP contribution < -0.4 is 5.32 Å². The molecule has 0 atom stereocenters. The van der Waals surface area contributed by atoms with Gasteiger partial charge in [-0.05, 0) is 6.92 Å². The molecule has 0 fully saturated rings. The number of carbonyl (C=O) groups excluding carboxylic acids is 1. The van der Waals surface area contributed by atoms with Gasteiger partial charge in [-0.1, -0.05) is 0 Å². The Labute approximate surface area is 94.2 Å². The smallest absolute Gasteiger partial charge is 0.376 e. The van der Waals surface area contributed by atoms with Gasteiger partial charge in [-0.15, -0.1) is 12.3 Å². The summed E-state index contributed by atoms with van der Waals surface area (Å²) >= 11 is 0. The zero-order chi connectivity index (χ0) is 12.0. The molecule has 0 bridgehead atoms. The molecule has 0 aromatic carbocycles. The van der Waals surface area contributed by atoms with Gasteiger partial charge in [0.25, 0.3) is 0 Å². The molecule has 1 rings (SSSR count). The van der Waals surface area contributed by atoms with E-state index in [-0.39, 0.29) is 5.82 Å². The first kappa shape index (κ1) is 12.0. The highest BCUT2D eigenvalue weighted by atomic mass is 16.5. The average molecular weight is 219 g/mol. The van der Waals surface area contributed by atoms with E-state index < -0.39 is 5.97 Å². The van der Waals surface area contributed by atoms with Crippen LogP contribution in [0.1, 0.15) is 22.7 Å². The predicted molar refractivity (Wildman–Crippen MR) is 60.0 cm³/mol. The fourth-order valence-corrected chi connectivity index (χ4v) is 1.10. The Balaban J connectivity index is 2.82. The molecule has 0 amide bonds. The molecule has 1 N–H and O–H groups in total. The Hall–Kier alpha value is -2.09. The number of hydrogen-bond acceptors (Lipinski definition) is 5. The van der Waals surface area contributed by atoms with E-state index in [1.54, 1.807) is 13.0 Å². The second-order valence-corrected chi connectivity index (χ2v) is 3.09. The molecule has 1 aromatic rings. The van der Waals surface area contributed by atoms with Crippen molar-refractivity contribution in [3.05, 3.63) is 17.6 Å². The lowest BCUT2D eigenvalue weighted by Gasteiger charge is -2.05. The van der Waals surface area contributed by atoms with E-state index in [1.807, 2.05) is 0 Å². The third kappa shape index (κ3) is 3.24. The number of terminal acetylenes is 1. The topological polar surface area (TPSA) is 64.1 Å². The number of rotatable bonds is 4. The summed E-state index contributed by atoms with van der Waals surface area (Å²) < 4.78 is 4.55. The molecule has 0 unspecified atom stereocenters. The van der Waals surface area contributed by atoms with Gasteiger partial charge in [0.1, 0.15) is 5.82 Å². The molecule has 5 nitrogen and oxygen atoms in total. The van der Waals surface area contributed by atoms with Crippen molar-refractivity contribution in [1.29, 1.82) is 0 Å². The Morgan fingerprint density at radius 3 is 3.00 bits per heavy atom. The highest BCUT2D eigenvalue weighted by molar-refractivity contribution is 5.85. The van der Waals surface area contributed by atoms with E-state index in [2.05, 4.69) is 25.9 Å². The highest BCUT2D eigenvalue weighted by Crippen LogP contribution is 2.06. The van der Waals surface area contributed by atoms with Crippen molar-refractivity contribution in [3.63, 3.8) is 0 Å². The van der Waals surface area contributed by atoms with Gasteiger partial charge in [-0.2, -0.15) is 0 Å². The second kappa shape index (κ2) is 5.71. The number of nitrogens with zero attached hydrogens (tertiary/aromatic N) is 2. The molecule has 0 saturated heterocycles. The van der Waals surface area contributed by atoms with Crippen LogP contribution in [0.2, 0.25) is 0 Å². The number of nitrogens with one attached hydrogen (secondary N) is 1. The van der Waals surface area contributed by atoms with Gasteiger partial charge < -0.3 is 10.1 Å². The summed E-state index contributed by atoms with van der Waals surface area (Å²) in [6, 6.07) is 1.74. The Morgan fingerprint density at radius 1 is 1.62 bits per heavy atom. The lowest BCUT2D eigenvalue weighted by Crippen LogP contribution is -2.11. The highest BCUT2D eigenvalue weighted by Gasteiger charge is 2.10. The maximum absolute atomic E-state index is 11.2. The van der Waals surface area contributed by atoms with Crippen LogP contribution in [0.5, 0.6) is 0 Å². The van der Waals surface area contributed by atoms with E-state index in [0.29, 0.717) is 24.5 Å². The Kier molecular flexibility index (Phi) is 4.28. The predicted octanol–water partition coefficient (Wildman–Crippen LogP) is 1.01. The zero-order valence-corrected chi connectivity index (χ0v) is 9.28. The van der Waals surface area contributed by atoms with Crippen LogP contribution in [-0.2, 0) is 4.74 Å². The number of anilines is 1. The van der Waals surface area contributed by atoms with Crippen molar-refractivity contribution < 1.29 is 9.53 Å². The number of aromatic nitrogens is 2. The number of esters is 1. The van der Waals surface area contributed by atoms with Gasteiger partial charge in [0.15, 0.2) is 0 Å². The molecule has 1 aromatic heterocycles. The van der Waals surface area contributed by atoms with E-state index in [1.165, 1.54) is 7.11 Å². The van der Waals surface area contributed by atoms with E-state index in [9.17, 15) is 4.79 Å². The van der Waals surface area contributed by atoms with Gasteiger partial charge >= 0.3 is 5.97 Å². The summed E-state index contributed by atoms with van der Waals surface area (Å²) in [5, 5.41) is 3.00. The monoisotopic (exact) mass is 219 g/mol. The normalized spacial score (nSPS) is 9.31. The van der Waals surface area contributed by atoms with Crippen molar-refractivity contribution in [3.8, 4) is 12.3 Å². The fraction of sp³-hybridized carbons (Fsp3) is 0.364. The van der Waals surface area contributed by atoms with Crippen LogP contribution in [0, 0.1) is 19.3 Å². The minimum Gasteiger partial charge on any atom is -0.463 e. The number of methoxy groups -OCH3 is 1. The fourth-order valence-electron chi connectivity index (χ4n) is 1.10. The van der Waals surface area contributed by atoms with Crippen molar-refractivity contribution in [2.24, 2.45) is 0 Å². The number of hydrogen-bond donors (Lipinski definition) is 1. The Bertz CT molecular complexity index is 424. The Morgan fingerprint density at radius 2 is 2.38 bits per heavy atom. The first-order valence-electron chi connectivity index (χ1n) is 4.78. The third-order valence-electron chi connectivity index (χ3n) is 1.80. The molecular weight excluding hydrogens is 206 g/mol. The summed E-state index contributed by atoms with van der Waals surface area (Å²) in [6.45, 7) is 2.38. The SMILES string of the molecule is C#CCCNc1cc(C)nc(C(=O)OC)n1. The molecule has 1 heterocycles. The number of ether oxygens (including phenoxy) is 1. The minimum absolute atomic E-state index is 0.0470.